The second kappa shape index (κ2) is 33.6. The molecule has 0 atom stereocenters. The predicted molar refractivity (Wildman–Crippen MR) is 342 cm³/mol. The average Bonchev–Trinajstić information content (AvgIpc) is 3.60. The van der Waals surface area contributed by atoms with Gasteiger partial charge in [-0.1, -0.05) is 67.0 Å². The van der Waals surface area contributed by atoms with E-state index >= 15 is 0 Å². The van der Waals surface area contributed by atoms with Gasteiger partial charge in [-0.2, -0.15) is 0 Å². The monoisotopic (exact) mass is 1220 g/mol. The first kappa shape index (κ1) is 64.0. The van der Waals surface area contributed by atoms with Crippen molar-refractivity contribution < 1.29 is 52.1 Å². The number of benzene rings is 7. The van der Waals surface area contributed by atoms with Crippen LogP contribution in [-0.4, -0.2) is 99.1 Å². The summed E-state index contributed by atoms with van der Waals surface area (Å²) in [7, 11) is 0. The van der Waals surface area contributed by atoms with E-state index in [1.54, 1.807) is 18.2 Å². The van der Waals surface area contributed by atoms with E-state index < -0.39 is 0 Å². The van der Waals surface area contributed by atoms with Crippen LogP contribution >= 0.6 is 15.9 Å². The molecule has 7 aromatic carbocycles. The van der Waals surface area contributed by atoms with Crippen LogP contribution in [0.4, 0.5) is 34.1 Å². The zero-order chi connectivity index (χ0) is 59.4. The lowest BCUT2D eigenvalue weighted by atomic mass is 9.90. The van der Waals surface area contributed by atoms with Crippen LogP contribution < -0.4 is 45.8 Å². The maximum atomic E-state index is 6.19. The molecule has 454 valence electrons. The molecule has 85 heavy (non-hydrogen) atoms. The third kappa shape index (κ3) is 23.4. The van der Waals surface area contributed by atoms with Crippen LogP contribution in [0, 0.1) is 16.2 Å². The van der Waals surface area contributed by atoms with Crippen molar-refractivity contribution in [3.05, 3.63) is 174 Å². The molecule has 3 aliphatic rings. The Morgan fingerprint density at radius 3 is 1.13 bits per heavy atom. The summed E-state index contributed by atoms with van der Waals surface area (Å²) in [5, 5.41) is 6.92. The summed E-state index contributed by atoms with van der Waals surface area (Å²) >= 11 is 3.43. The highest BCUT2D eigenvalue weighted by Gasteiger charge is 2.35. The molecule has 3 aliphatic heterocycles. The maximum absolute atomic E-state index is 6.19. The second-order valence-electron chi connectivity index (χ2n) is 22.9. The fourth-order valence-electron chi connectivity index (χ4n) is 8.89. The lowest BCUT2D eigenvalue weighted by Crippen LogP contribution is -2.43. The Labute approximate surface area is 511 Å². The minimum absolute atomic E-state index is 0.200. The number of nitrogens with one attached hydrogen (secondary N) is 2. The van der Waals surface area contributed by atoms with Crippen molar-refractivity contribution in [2.75, 3.05) is 121 Å². The molecule has 7 aromatic rings. The van der Waals surface area contributed by atoms with Gasteiger partial charge in [-0.3, -0.25) is 0 Å². The Morgan fingerprint density at radius 2 is 0.718 bits per heavy atom. The third-order valence-corrected chi connectivity index (χ3v) is 14.3. The van der Waals surface area contributed by atoms with Crippen molar-refractivity contribution in [2.24, 2.45) is 16.2 Å². The number of hydrogen-bond acceptors (Lipinski definition) is 15. The lowest BCUT2D eigenvalue weighted by Gasteiger charge is -2.37. The summed E-state index contributed by atoms with van der Waals surface area (Å²) in [6.07, 6.45) is 5.88. The van der Waals surface area contributed by atoms with Crippen molar-refractivity contribution in [3.8, 4) is 40.2 Å². The Morgan fingerprint density at radius 1 is 0.365 bits per heavy atom. The quantitative estimate of drug-likeness (QED) is 0.0231. The molecule has 3 fully saturated rings. The van der Waals surface area contributed by atoms with E-state index in [2.05, 4.69) is 47.3 Å². The van der Waals surface area contributed by atoms with Gasteiger partial charge in [-0.25, -0.2) is 0 Å². The topological polar surface area (TPSA) is 178 Å². The molecule has 6 N–H and O–H groups in total. The number of hydrogen-bond donors (Lipinski definition) is 4. The Kier molecular flexibility index (Phi) is 25.3. The molecule has 0 bridgehead atoms. The van der Waals surface area contributed by atoms with Gasteiger partial charge in [0, 0.05) is 98.9 Å². The normalized spacial score (nSPS) is 14.9. The van der Waals surface area contributed by atoms with Crippen molar-refractivity contribution >= 4 is 50.1 Å². The van der Waals surface area contributed by atoms with Crippen molar-refractivity contribution in [1.82, 2.24) is 0 Å². The van der Waals surface area contributed by atoms with E-state index in [1.165, 1.54) is 0 Å². The number of halogens is 1. The molecular weight excluding hydrogens is 1140 g/mol. The maximum Gasteiger partial charge on any atom is 0.129 e. The highest BCUT2D eigenvalue weighted by atomic mass is 79.9. The average molecular weight is 1230 g/mol. The minimum atomic E-state index is 0.200. The molecule has 0 saturated carbocycles. The van der Waals surface area contributed by atoms with Crippen LogP contribution in [0.15, 0.2) is 174 Å². The van der Waals surface area contributed by atoms with E-state index in [0.717, 1.165) is 198 Å². The van der Waals surface area contributed by atoms with Gasteiger partial charge in [0.15, 0.2) is 0 Å². The zero-order valence-corrected chi connectivity index (χ0v) is 51.1. The molecule has 16 heteroatoms. The van der Waals surface area contributed by atoms with Crippen LogP contribution in [0.3, 0.4) is 0 Å². The SMILES string of the molecule is CC1(COCCCCOc2cccc(Br)c2)COC1.CC1(COCCCCOc2cccc(Nc3ccc(Oc4cccc(Nc5cccc(OCCCCOCC6(C)COC6)c5)c4)cc3)c2)COC1.Nc1ccc(Oc2cccc(N)c2)cc1. The summed E-state index contributed by atoms with van der Waals surface area (Å²) in [5.74, 6) is 5.55. The van der Waals surface area contributed by atoms with Gasteiger partial charge in [0.2, 0.25) is 0 Å². The second-order valence-corrected chi connectivity index (χ2v) is 23.8. The highest BCUT2D eigenvalue weighted by Crippen LogP contribution is 2.32. The molecule has 0 amide bonds. The first-order valence-electron chi connectivity index (χ1n) is 29.5. The summed E-state index contributed by atoms with van der Waals surface area (Å²) in [6.45, 7) is 18.1. The zero-order valence-electron chi connectivity index (χ0n) is 49.5. The van der Waals surface area contributed by atoms with Crippen molar-refractivity contribution in [2.45, 2.75) is 59.3 Å². The smallest absolute Gasteiger partial charge is 0.129 e. The number of rotatable bonds is 32. The number of nitrogens with two attached hydrogens (primary N) is 2. The van der Waals surface area contributed by atoms with Gasteiger partial charge in [-0.15, -0.1) is 0 Å². The van der Waals surface area contributed by atoms with Gasteiger partial charge in [-0.05, 0) is 154 Å². The Hall–Kier alpha value is -7.02. The molecular formula is C69H85BrN4O11. The molecule has 15 nitrogen and oxygen atoms in total. The van der Waals surface area contributed by atoms with E-state index in [4.69, 9.17) is 63.6 Å². The standard InChI is InChI=1S/C42H52N2O7.C15H21BrO3.C12H12N2O/c1-41(29-47-30-41)27-45-20-3-5-22-49-38-13-7-10-34(24-38)43-33-16-18-37(19-17-33)51-40-15-9-12-36(26-40)44-35-11-8-14-39(25-35)50-23-6-4-21-46-28-42(2)31-48-32-42;1-15(11-18-12-15)10-17-7-2-3-8-19-14-6-4-5-13(16)9-14;13-9-4-6-11(7-5-9)15-12-3-1-2-10(14)8-12/h7-19,24-26,43-44H,3-6,20-23,27-32H2,1-2H3;4-6,9H,2-3,7-8,10-12H2,1H3;1-8H,13-14H2. The van der Waals surface area contributed by atoms with Crippen molar-refractivity contribution in [1.29, 1.82) is 0 Å². The Balaban J connectivity index is 0.000000223. The Bertz CT molecular complexity index is 3050. The molecule has 3 heterocycles. The van der Waals surface area contributed by atoms with E-state index in [9.17, 15) is 0 Å². The van der Waals surface area contributed by atoms with Crippen LogP contribution in [0.5, 0.6) is 40.2 Å². The van der Waals surface area contributed by atoms with Crippen LogP contribution in [0.1, 0.15) is 59.3 Å². The van der Waals surface area contributed by atoms with E-state index in [-0.39, 0.29) is 16.2 Å². The lowest BCUT2D eigenvalue weighted by molar-refractivity contribution is -0.138. The first-order chi connectivity index (χ1) is 41.3. The molecule has 0 unspecified atom stereocenters. The number of nitrogen functional groups attached to an aromatic ring is 2. The van der Waals surface area contributed by atoms with Gasteiger partial charge >= 0.3 is 0 Å². The van der Waals surface area contributed by atoms with Gasteiger partial charge in [0.05, 0.1) is 79.3 Å². The van der Waals surface area contributed by atoms with Gasteiger partial charge in [0.25, 0.3) is 0 Å². The molecule has 0 radical (unpaired) electrons. The van der Waals surface area contributed by atoms with E-state index in [1.807, 2.05) is 152 Å². The molecule has 10 rings (SSSR count). The fraction of sp³-hybridized carbons (Fsp3) is 0.391. The van der Waals surface area contributed by atoms with Crippen LogP contribution in [-0.2, 0) is 28.4 Å². The van der Waals surface area contributed by atoms with E-state index in [0.29, 0.717) is 18.9 Å². The predicted octanol–water partition coefficient (Wildman–Crippen LogP) is 15.7. The number of anilines is 6. The summed E-state index contributed by atoms with van der Waals surface area (Å²) in [5.41, 5.74) is 17.1. The largest absolute Gasteiger partial charge is 0.494 e. The highest BCUT2D eigenvalue weighted by molar-refractivity contribution is 9.10. The van der Waals surface area contributed by atoms with Gasteiger partial charge in [0.1, 0.15) is 40.2 Å². The molecule has 0 aliphatic carbocycles. The molecule has 0 spiro atoms. The van der Waals surface area contributed by atoms with Crippen LogP contribution in [0.2, 0.25) is 0 Å². The first-order valence-corrected chi connectivity index (χ1v) is 30.2. The summed E-state index contributed by atoms with van der Waals surface area (Å²) in [4.78, 5) is 0. The summed E-state index contributed by atoms with van der Waals surface area (Å²) < 4.78 is 63.5. The third-order valence-electron chi connectivity index (χ3n) is 13.8. The van der Waals surface area contributed by atoms with Crippen LogP contribution in [0.25, 0.3) is 0 Å². The number of unbranched alkanes of at least 4 members (excludes halogenated alkanes) is 3. The van der Waals surface area contributed by atoms with Crippen molar-refractivity contribution in [3.63, 3.8) is 0 Å². The number of ether oxygens (including phenoxy) is 11. The summed E-state index contributed by atoms with van der Waals surface area (Å²) in [6, 6.07) is 54.3. The minimum Gasteiger partial charge on any atom is -0.494 e. The fourth-order valence-corrected chi connectivity index (χ4v) is 9.27. The molecule has 3 saturated heterocycles. The molecule has 0 aromatic heterocycles. The van der Waals surface area contributed by atoms with Gasteiger partial charge < -0.3 is 74.2 Å².